The first kappa shape index (κ1) is 14.6. The maximum absolute atomic E-state index is 4.75. The molecule has 2 nitrogen and oxygen atoms in total. The van der Waals surface area contributed by atoms with Gasteiger partial charge in [0.05, 0.1) is 11.2 Å². The van der Waals surface area contributed by atoms with Crippen LogP contribution in [0.4, 0.5) is 0 Å². The predicted molar refractivity (Wildman–Crippen MR) is 85.9 cm³/mol. The Bertz CT molecular complexity index is 531. The van der Waals surface area contributed by atoms with Crippen molar-refractivity contribution in [1.82, 2.24) is 9.78 Å². The minimum atomic E-state index is 0.618. The molecule has 0 N–H and O–H groups in total. The monoisotopic (exact) mass is 322 g/mol. The van der Waals surface area contributed by atoms with Crippen molar-refractivity contribution >= 4 is 26.8 Å². The normalized spacial score (nSPS) is 13.3. The maximum Gasteiger partial charge on any atom is 0.0703 e. The number of para-hydroxylation sites is 1. The summed E-state index contributed by atoms with van der Waals surface area (Å²) >= 11 is 3.76. The molecule has 1 atom stereocenters. The number of hydrogen-bond acceptors (Lipinski definition) is 1. The lowest BCUT2D eigenvalue weighted by Crippen LogP contribution is -2.07. The standard InChI is InChI=1S/C16H23BrN2/c1-4-19-16-11-6-5-8-13(16)15(18-19)10-7-9-14(17)12(2)3/h5-6,8,11-12,14H,4,7,9-10H2,1-3H3. The molecule has 1 heterocycles. The van der Waals surface area contributed by atoms with Crippen molar-refractivity contribution in [3.05, 3.63) is 30.0 Å². The average Bonchev–Trinajstić information content (AvgIpc) is 2.77. The second-order valence-electron chi connectivity index (χ2n) is 5.43. The molecule has 19 heavy (non-hydrogen) atoms. The Morgan fingerprint density at radius 2 is 2.00 bits per heavy atom. The van der Waals surface area contributed by atoms with Crippen molar-refractivity contribution < 1.29 is 0 Å². The first-order valence-electron chi connectivity index (χ1n) is 7.22. The second kappa shape index (κ2) is 6.56. The molecule has 104 valence electrons. The van der Waals surface area contributed by atoms with Gasteiger partial charge in [-0.3, -0.25) is 4.68 Å². The number of rotatable bonds is 6. The van der Waals surface area contributed by atoms with Crippen molar-refractivity contribution in [3.63, 3.8) is 0 Å². The minimum absolute atomic E-state index is 0.618. The topological polar surface area (TPSA) is 17.8 Å². The van der Waals surface area contributed by atoms with E-state index in [1.807, 2.05) is 0 Å². The smallest absolute Gasteiger partial charge is 0.0703 e. The van der Waals surface area contributed by atoms with E-state index in [2.05, 4.69) is 65.6 Å². The van der Waals surface area contributed by atoms with Gasteiger partial charge < -0.3 is 0 Å². The average molecular weight is 323 g/mol. The number of benzene rings is 1. The molecular weight excluding hydrogens is 300 g/mol. The fourth-order valence-corrected chi connectivity index (χ4v) is 2.74. The van der Waals surface area contributed by atoms with Crippen LogP contribution in [0.1, 0.15) is 39.3 Å². The fraction of sp³-hybridized carbons (Fsp3) is 0.562. The van der Waals surface area contributed by atoms with E-state index in [4.69, 9.17) is 5.10 Å². The Balaban J connectivity index is 2.08. The second-order valence-corrected chi connectivity index (χ2v) is 6.61. The van der Waals surface area contributed by atoms with Gasteiger partial charge in [-0.25, -0.2) is 0 Å². The highest BCUT2D eigenvalue weighted by Crippen LogP contribution is 2.22. The molecule has 0 saturated heterocycles. The van der Waals surface area contributed by atoms with Gasteiger partial charge in [0.15, 0.2) is 0 Å². The lowest BCUT2D eigenvalue weighted by Gasteiger charge is -2.12. The Kier molecular flexibility index (Phi) is 5.03. The van der Waals surface area contributed by atoms with Gasteiger partial charge in [-0.1, -0.05) is 48.0 Å². The summed E-state index contributed by atoms with van der Waals surface area (Å²) in [7, 11) is 0. The summed E-state index contributed by atoms with van der Waals surface area (Å²) < 4.78 is 2.11. The van der Waals surface area contributed by atoms with Crippen LogP contribution in [0.5, 0.6) is 0 Å². The Labute approximate surface area is 124 Å². The molecule has 0 bridgehead atoms. The highest BCUT2D eigenvalue weighted by atomic mass is 79.9. The minimum Gasteiger partial charge on any atom is -0.265 e. The first-order valence-corrected chi connectivity index (χ1v) is 8.13. The van der Waals surface area contributed by atoms with E-state index in [1.54, 1.807) is 0 Å². The number of aryl methyl sites for hydroxylation is 2. The van der Waals surface area contributed by atoms with E-state index in [9.17, 15) is 0 Å². The third-order valence-corrected chi connectivity index (χ3v) is 5.17. The number of fused-ring (bicyclic) bond motifs is 1. The van der Waals surface area contributed by atoms with Gasteiger partial charge in [-0.15, -0.1) is 0 Å². The van der Waals surface area contributed by atoms with E-state index in [0.717, 1.165) is 13.0 Å². The first-order chi connectivity index (χ1) is 9.13. The van der Waals surface area contributed by atoms with Crippen LogP contribution in [0, 0.1) is 5.92 Å². The highest BCUT2D eigenvalue weighted by molar-refractivity contribution is 9.09. The van der Waals surface area contributed by atoms with Crippen LogP contribution in [0.25, 0.3) is 10.9 Å². The van der Waals surface area contributed by atoms with Crippen LogP contribution >= 0.6 is 15.9 Å². The zero-order valence-corrected chi connectivity index (χ0v) is 13.7. The molecule has 0 fully saturated rings. The van der Waals surface area contributed by atoms with Crippen molar-refractivity contribution in [2.45, 2.75) is 51.4 Å². The van der Waals surface area contributed by atoms with Crippen molar-refractivity contribution in [3.8, 4) is 0 Å². The van der Waals surface area contributed by atoms with Crippen LogP contribution in [-0.2, 0) is 13.0 Å². The molecule has 2 rings (SSSR count). The van der Waals surface area contributed by atoms with Crippen LogP contribution in [0.15, 0.2) is 24.3 Å². The quantitative estimate of drug-likeness (QED) is 0.698. The summed E-state index contributed by atoms with van der Waals surface area (Å²) in [6, 6.07) is 8.55. The molecule has 3 heteroatoms. The molecule has 0 aliphatic heterocycles. The van der Waals surface area contributed by atoms with Crippen LogP contribution in [0.2, 0.25) is 0 Å². The van der Waals surface area contributed by atoms with Crippen LogP contribution in [0.3, 0.4) is 0 Å². The van der Waals surface area contributed by atoms with Gasteiger partial charge in [-0.2, -0.15) is 5.10 Å². The van der Waals surface area contributed by atoms with Gasteiger partial charge >= 0.3 is 0 Å². The molecule has 2 aromatic rings. The summed E-state index contributed by atoms with van der Waals surface area (Å²) in [5, 5.41) is 6.07. The summed E-state index contributed by atoms with van der Waals surface area (Å²) in [5.41, 5.74) is 2.51. The van der Waals surface area contributed by atoms with E-state index in [1.165, 1.54) is 29.4 Å². The molecule has 1 unspecified atom stereocenters. The summed E-state index contributed by atoms with van der Waals surface area (Å²) in [4.78, 5) is 0.618. The molecule has 0 spiro atoms. The van der Waals surface area contributed by atoms with Crippen LogP contribution in [-0.4, -0.2) is 14.6 Å². The summed E-state index contributed by atoms with van der Waals surface area (Å²) in [5.74, 6) is 0.699. The van der Waals surface area contributed by atoms with Crippen molar-refractivity contribution in [1.29, 1.82) is 0 Å². The van der Waals surface area contributed by atoms with Gasteiger partial charge in [0, 0.05) is 16.8 Å². The third kappa shape index (κ3) is 3.38. The van der Waals surface area contributed by atoms with Crippen molar-refractivity contribution in [2.24, 2.45) is 5.92 Å². The van der Waals surface area contributed by atoms with E-state index >= 15 is 0 Å². The zero-order chi connectivity index (χ0) is 13.8. The van der Waals surface area contributed by atoms with E-state index < -0.39 is 0 Å². The molecule has 1 aromatic heterocycles. The molecule has 0 amide bonds. The Morgan fingerprint density at radius 1 is 1.26 bits per heavy atom. The Hall–Kier alpha value is -0.830. The van der Waals surface area contributed by atoms with Gasteiger partial charge in [0.2, 0.25) is 0 Å². The van der Waals surface area contributed by atoms with Gasteiger partial charge in [-0.05, 0) is 38.2 Å². The number of hydrogen-bond donors (Lipinski definition) is 0. The zero-order valence-electron chi connectivity index (χ0n) is 12.1. The summed E-state index contributed by atoms with van der Waals surface area (Å²) in [6.07, 6.45) is 3.48. The number of alkyl halides is 1. The highest BCUT2D eigenvalue weighted by Gasteiger charge is 2.11. The maximum atomic E-state index is 4.75. The lowest BCUT2D eigenvalue weighted by molar-refractivity contribution is 0.558. The van der Waals surface area contributed by atoms with Gasteiger partial charge in [0.1, 0.15) is 0 Å². The predicted octanol–water partition coefficient (Wildman–Crippen LogP) is 4.80. The molecule has 0 aliphatic rings. The number of nitrogens with zero attached hydrogens (tertiary/aromatic N) is 2. The molecule has 1 aromatic carbocycles. The van der Waals surface area contributed by atoms with Crippen molar-refractivity contribution in [2.75, 3.05) is 0 Å². The van der Waals surface area contributed by atoms with E-state index in [-0.39, 0.29) is 0 Å². The molecule has 0 saturated carbocycles. The fourth-order valence-electron chi connectivity index (χ4n) is 2.42. The molecule has 0 radical (unpaired) electrons. The lowest BCUT2D eigenvalue weighted by atomic mass is 10.0. The number of halogens is 1. The summed E-state index contributed by atoms with van der Waals surface area (Å²) in [6.45, 7) is 7.62. The largest absolute Gasteiger partial charge is 0.265 e. The van der Waals surface area contributed by atoms with Crippen LogP contribution < -0.4 is 0 Å². The van der Waals surface area contributed by atoms with Gasteiger partial charge in [0.25, 0.3) is 0 Å². The van der Waals surface area contributed by atoms with E-state index in [0.29, 0.717) is 10.7 Å². The third-order valence-electron chi connectivity index (χ3n) is 3.65. The Morgan fingerprint density at radius 3 is 2.68 bits per heavy atom. The SMILES string of the molecule is CCn1nc(CCCC(Br)C(C)C)c2ccccc21. The molecule has 0 aliphatic carbocycles. The molecular formula is C16H23BrN2. The number of aromatic nitrogens is 2.